The number of rotatable bonds is 1. The van der Waals surface area contributed by atoms with Gasteiger partial charge in [-0.15, -0.1) is 0 Å². The Bertz CT molecular complexity index is 669. The van der Waals surface area contributed by atoms with Crippen LogP contribution in [0.2, 0.25) is 0 Å². The van der Waals surface area contributed by atoms with Crippen molar-refractivity contribution >= 4 is 11.8 Å². The minimum atomic E-state index is -0.650. The molecule has 1 aromatic rings. The Kier molecular flexibility index (Phi) is 2.23. The highest BCUT2D eigenvalue weighted by atomic mass is 16.2. The van der Waals surface area contributed by atoms with E-state index >= 15 is 0 Å². The van der Waals surface area contributed by atoms with Gasteiger partial charge in [0.1, 0.15) is 0 Å². The number of carbonyl (C=O) groups excluding carboxylic acids is 2. The Labute approximate surface area is 123 Å². The predicted molar refractivity (Wildman–Crippen MR) is 77.0 cm³/mol. The molecule has 5 nitrogen and oxygen atoms in total. The third kappa shape index (κ3) is 1.22. The summed E-state index contributed by atoms with van der Waals surface area (Å²) in [4.78, 5) is 27.3. The van der Waals surface area contributed by atoms with E-state index in [1.54, 1.807) is 0 Å². The second kappa shape index (κ2) is 3.65. The number of fused-ring (bicyclic) bond motifs is 1. The molecule has 1 spiro atoms. The molecule has 3 aliphatic heterocycles. The first-order valence-electron chi connectivity index (χ1n) is 7.47. The molecule has 1 aromatic carbocycles. The average Bonchev–Trinajstić information content (AvgIpc) is 2.93. The molecule has 2 saturated heterocycles. The van der Waals surface area contributed by atoms with Gasteiger partial charge in [-0.05, 0) is 26.3 Å². The number of benzene rings is 1. The Morgan fingerprint density at radius 1 is 1.29 bits per heavy atom. The quantitative estimate of drug-likeness (QED) is 0.850. The number of carbonyl (C=O) groups is 2. The second-order valence-corrected chi connectivity index (χ2v) is 6.75. The van der Waals surface area contributed by atoms with Crippen LogP contribution in [0.3, 0.4) is 0 Å². The van der Waals surface area contributed by atoms with Crippen LogP contribution < -0.4 is 5.43 Å². The van der Waals surface area contributed by atoms with Crippen molar-refractivity contribution in [2.24, 2.45) is 5.92 Å². The fraction of sp³-hybridized carbons (Fsp3) is 0.500. The van der Waals surface area contributed by atoms with Crippen molar-refractivity contribution in [1.29, 1.82) is 0 Å². The minimum Gasteiger partial charge on any atom is -0.307 e. The molecular weight excluding hydrogens is 266 g/mol. The van der Waals surface area contributed by atoms with Crippen molar-refractivity contribution in [1.82, 2.24) is 15.3 Å². The van der Waals surface area contributed by atoms with E-state index in [2.05, 4.69) is 19.3 Å². The van der Waals surface area contributed by atoms with Crippen molar-refractivity contribution in [2.75, 3.05) is 6.54 Å². The van der Waals surface area contributed by atoms with E-state index in [1.165, 1.54) is 0 Å². The predicted octanol–water partition coefficient (Wildman–Crippen LogP) is 1.46. The maximum absolute atomic E-state index is 13.0. The van der Waals surface area contributed by atoms with Gasteiger partial charge in [0.05, 0.1) is 11.5 Å². The third-order valence-corrected chi connectivity index (χ3v) is 5.12. The molecule has 3 aliphatic rings. The van der Waals surface area contributed by atoms with Gasteiger partial charge in [-0.3, -0.25) is 15.0 Å². The van der Waals surface area contributed by atoms with Crippen LogP contribution in [0.5, 0.6) is 0 Å². The van der Waals surface area contributed by atoms with Gasteiger partial charge in [0.25, 0.3) is 5.91 Å². The van der Waals surface area contributed by atoms with Gasteiger partial charge in [0, 0.05) is 17.7 Å². The first-order valence-corrected chi connectivity index (χ1v) is 7.47. The summed E-state index contributed by atoms with van der Waals surface area (Å²) in [5.74, 6) is -0.178. The van der Waals surface area contributed by atoms with Gasteiger partial charge in [-0.25, -0.2) is 0 Å². The number of hydrazine groups is 1. The summed E-state index contributed by atoms with van der Waals surface area (Å²) < 4.78 is 0. The molecule has 21 heavy (non-hydrogen) atoms. The molecule has 0 unspecified atom stereocenters. The zero-order valence-electron chi connectivity index (χ0n) is 12.5. The van der Waals surface area contributed by atoms with E-state index in [4.69, 9.17) is 0 Å². The van der Waals surface area contributed by atoms with Crippen molar-refractivity contribution < 1.29 is 9.59 Å². The van der Waals surface area contributed by atoms with Gasteiger partial charge in [0.15, 0.2) is 5.66 Å². The lowest BCUT2D eigenvalue weighted by Crippen LogP contribution is -2.53. The molecule has 4 rings (SSSR count). The Hall–Kier alpha value is -1.88. The molecule has 3 heterocycles. The zero-order chi connectivity index (χ0) is 15.0. The monoisotopic (exact) mass is 285 g/mol. The number of amides is 2. The molecule has 0 saturated carbocycles. The highest BCUT2D eigenvalue weighted by Crippen LogP contribution is 2.57. The molecule has 0 radical (unpaired) electrons. The molecule has 5 heteroatoms. The van der Waals surface area contributed by atoms with E-state index in [1.807, 2.05) is 41.1 Å². The zero-order valence-corrected chi connectivity index (χ0v) is 12.5. The Morgan fingerprint density at radius 3 is 2.71 bits per heavy atom. The van der Waals surface area contributed by atoms with Crippen molar-refractivity contribution in [3.63, 3.8) is 0 Å². The molecule has 2 amide bonds. The maximum Gasteiger partial charge on any atom is 0.256 e. The number of nitrogens with zero attached hydrogens (tertiary/aromatic N) is 2. The van der Waals surface area contributed by atoms with Crippen LogP contribution in [0, 0.1) is 5.92 Å². The largest absolute Gasteiger partial charge is 0.307 e. The Balaban J connectivity index is 2.05. The molecule has 0 aromatic heterocycles. The molecule has 2 fully saturated rings. The molecule has 0 aliphatic carbocycles. The maximum atomic E-state index is 13.0. The standard InChI is InChI=1S/C16H19N3O2/c1-4-11-13(20)17-18-9-15(2,3)19-14(21)10-7-5-6-8-12(10)16(11,18)19/h5-8,11H,4,9H2,1-3H3,(H,17,20)/t11-,16-/m0/s1. The summed E-state index contributed by atoms with van der Waals surface area (Å²) in [6, 6.07) is 7.69. The summed E-state index contributed by atoms with van der Waals surface area (Å²) >= 11 is 0. The first kappa shape index (κ1) is 12.8. The lowest BCUT2D eigenvalue weighted by atomic mass is 9.84. The van der Waals surface area contributed by atoms with Crippen LogP contribution >= 0.6 is 0 Å². The van der Waals surface area contributed by atoms with Crippen LogP contribution in [-0.2, 0) is 10.5 Å². The normalized spacial score (nSPS) is 32.9. The summed E-state index contributed by atoms with van der Waals surface area (Å²) in [5, 5.41) is 1.98. The summed E-state index contributed by atoms with van der Waals surface area (Å²) in [7, 11) is 0. The lowest BCUT2D eigenvalue weighted by molar-refractivity contribution is -0.125. The van der Waals surface area contributed by atoms with Gasteiger partial charge < -0.3 is 4.90 Å². The van der Waals surface area contributed by atoms with Crippen molar-refractivity contribution in [3.05, 3.63) is 35.4 Å². The summed E-state index contributed by atoms with van der Waals surface area (Å²) in [6.45, 7) is 6.79. The van der Waals surface area contributed by atoms with Crippen molar-refractivity contribution in [2.45, 2.75) is 38.4 Å². The van der Waals surface area contributed by atoms with Gasteiger partial charge in [0.2, 0.25) is 5.91 Å². The number of hydrogen-bond donors (Lipinski definition) is 1. The molecule has 2 atom stereocenters. The van der Waals surface area contributed by atoms with E-state index < -0.39 is 5.66 Å². The Morgan fingerprint density at radius 2 is 2.00 bits per heavy atom. The smallest absolute Gasteiger partial charge is 0.256 e. The van der Waals surface area contributed by atoms with E-state index in [0.717, 1.165) is 11.1 Å². The number of nitrogens with one attached hydrogen (secondary N) is 1. The molecule has 1 N–H and O–H groups in total. The van der Waals surface area contributed by atoms with Crippen LogP contribution in [0.1, 0.15) is 43.1 Å². The lowest BCUT2D eigenvalue weighted by Gasteiger charge is -2.40. The van der Waals surface area contributed by atoms with E-state index in [0.29, 0.717) is 13.0 Å². The first-order chi connectivity index (χ1) is 9.94. The van der Waals surface area contributed by atoms with Crippen LogP contribution in [0.15, 0.2) is 24.3 Å². The fourth-order valence-corrected chi connectivity index (χ4v) is 4.49. The highest BCUT2D eigenvalue weighted by molar-refractivity contribution is 6.02. The van der Waals surface area contributed by atoms with Crippen LogP contribution in [0.25, 0.3) is 0 Å². The highest BCUT2D eigenvalue weighted by Gasteiger charge is 2.71. The van der Waals surface area contributed by atoms with Gasteiger partial charge in [-0.2, -0.15) is 5.01 Å². The third-order valence-electron chi connectivity index (χ3n) is 5.12. The topological polar surface area (TPSA) is 52.7 Å². The second-order valence-electron chi connectivity index (χ2n) is 6.75. The number of hydrogen-bond acceptors (Lipinski definition) is 3. The van der Waals surface area contributed by atoms with Gasteiger partial charge >= 0.3 is 0 Å². The SMILES string of the molecule is CC[C@H]1C(=O)NN2CC(C)(C)N3C(=O)c4ccccc4[C@@]123. The van der Waals surface area contributed by atoms with E-state index in [-0.39, 0.29) is 23.3 Å². The van der Waals surface area contributed by atoms with Gasteiger partial charge in [-0.1, -0.05) is 25.1 Å². The minimum absolute atomic E-state index is 0.0162. The fourth-order valence-electron chi connectivity index (χ4n) is 4.49. The molecule has 110 valence electrons. The molecule has 0 bridgehead atoms. The summed E-state index contributed by atoms with van der Waals surface area (Å²) in [5.41, 5.74) is 3.73. The average molecular weight is 285 g/mol. The summed E-state index contributed by atoms with van der Waals surface area (Å²) in [6.07, 6.45) is 0.705. The van der Waals surface area contributed by atoms with Crippen LogP contribution in [0.4, 0.5) is 0 Å². The molecular formula is C16H19N3O2. The van der Waals surface area contributed by atoms with E-state index in [9.17, 15) is 9.59 Å². The van der Waals surface area contributed by atoms with Crippen LogP contribution in [-0.4, -0.2) is 33.8 Å². The van der Waals surface area contributed by atoms with Crippen molar-refractivity contribution in [3.8, 4) is 0 Å².